The fourth-order valence-electron chi connectivity index (χ4n) is 5.22. The standard InChI is InChI=1S/C33H48ClN3O/c1-2-3-4-5-6-7-8-9-10-11-12-13-14-15-16-19-25-37-31-24-18-17-23-30(31)36-32(37)27-35-33(38)28-21-20-22-29(34)26-28/h17-18,20-24,26H,2-16,19,25,27H2,1H3,(H,35,38). The van der Waals surface area contributed by atoms with Gasteiger partial charge < -0.3 is 9.88 Å². The summed E-state index contributed by atoms with van der Waals surface area (Å²) in [5, 5.41) is 3.58. The molecule has 0 aliphatic rings. The lowest BCUT2D eigenvalue weighted by molar-refractivity contribution is 0.0949. The van der Waals surface area contributed by atoms with Crippen LogP contribution in [-0.4, -0.2) is 15.5 Å². The van der Waals surface area contributed by atoms with Crippen molar-refractivity contribution in [2.45, 2.75) is 123 Å². The van der Waals surface area contributed by atoms with E-state index in [0.717, 1.165) is 29.8 Å². The Morgan fingerprint density at radius 1 is 0.763 bits per heavy atom. The topological polar surface area (TPSA) is 46.9 Å². The van der Waals surface area contributed by atoms with Gasteiger partial charge >= 0.3 is 0 Å². The van der Waals surface area contributed by atoms with E-state index in [1.807, 2.05) is 12.1 Å². The summed E-state index contributed by atoms with van der Waals surface area (Å²) in [4.78, 5) is 17.4. The number of carbonyl (C=O) groups excluding carboxylic acids is 1. The zero-order chi connectivity index (χ0) is 26.8. The maximum Gasteiger partial charge on any atom is 0.251 e. The molecule has 4 nitrogen and oxygen atoms in total. The van der Waals surface area contributed by atoms with E-state index >= 15 is 0 Å². The molecule has 38 heavy (non-hydrogen) atoms. The third-order valence-electron chi connectivity index (χ3n) is 7.46. The van der Waals surface area contributed by atoms with Crippen molar-refractivity contribution in [2.75, 3.05) is 0 Å². The quantitative estimate of drug-likeness (QED) is 0.146. The van der Waals surface area contributed by atoms with Crippen LogP contribution in [0.1, 0.15) is 126 Å². The molecule has 0 radical (unpaired) electrons. The molecule has 0 saturated carbocycles. The van der Waals surface area contributed by atoms with Crippen LogP contribution < -0.4 is 5.32 Å². The van der Waals surface area contributed by atoms with E-state index in [0.29, 0.717) is 17.1 Å². The smallest absolute Gasteiger partial charge is 0.251 e. The lowest BCUT2D eigenvalue weighted by Gasteiger charge is -2.11. The number of aromatic nitrogens is 2. The van der Waals surface area contributed by atoms with Crippen molar-refractivity contribution in [1.29, 1.82) is 0 Å². The number of amides is 1. The van der Waals surface area contributed by atoms with Gasteiger partial charge in [-0.05, 0) is 36.8 Å². The first kappa shape index (κ1) is 30.2. The second-order valence-electron chi connectivity index (χ2n) is 10.7. The zero-order valence-electron chi connectivity index (χ0n) is 23.5. The van der Waals surface area contributed by atoms with Crippen molar-refractivity contribution in [2.24, 2.45) is 0 Å². The van der Waals surface area contributed by atoms with E-state index in [1.54, 1.807) is 24.3 Å². The summed E-state index contributed by atoms with van der Waals surface area (Å²) in [6.45, 7) is 3.62. The molecule has 3 rings (SSSR count). The van der Waals surface area contributed by atoms with Crippen LogP contribution in [0, 0.1) is 0 Å². The summed E-state index contributed by atoms with van der Waals surface area (Å²) in [5.41, 5.74) is 2.69. The Morgan fingerprint density at radius 2 is 1.34 bits per heavy atom. The van der Waals surface area contributed by atoms with Gasteiger partial charge in [-0.25, -0.2) is 4.98 Å². The number of para-hydroxylation sites is 2. The molecule has 1 aromatic heterocycles. The Balaban J connectivity index is 1.30. The molecule has 0 unspecified atom stereocenters. The Hall–Kier alpha value is -2.33. The van der Waals surface area contributed by atoms with Crippen LogP contribution in [0.4, 0.5) is 0 Å². The largest absolute Gasteiger partial charge is 0.345 e. The molecule has 2 aromatic carbocycles. The maximum absolute atomic E-state index is 12.6. The van der Waals surface area contributed by atoms with E-state index in [-0.39, 0.29) is 5.91 Å². The number of fused-ring (bicyclic) bond motifs is 1. The fourth-order valence-corrected chi connectivity index (χ4v) is 5.41. The summed E-state index contributed by atoms with van der Waals surface area (Å²) in [6.07, 6.45) is 21.9. The SMILES string of the molecule is CCCCCCCCCCCCCCCCCCn1c(CNC(=O)c2cccc(Cl)c2)nc2ccccc21. The number of hydrogen-bond acceptors (Lipinski definition) is 2. The van der Waals surface area contributed by atoms with Gasteiger partial charge in [0.15, 0.2) is 0 Å². The molecule has 0 fully saturated rings. The van der Waals surface area contributed by atoms with Crippen molar-refractivity contribution in [3.8, 4) is 0 Å². The molecular weight excluding hydrogens is 490 g/mol. The summed E-state index contributed by atoms with van der Waals surface area (Å²) in [7, 11) is 0. The van der Waals surface area contributed by atoms with E-state index in [1.165, 1.54) is 96.3 Å². The van der Waals surface area contributed by atoms with E-state index in [4.69, 9.17) is 16.6 Å². The Labute approximate surface area is 235 Å². The third-order valence-corrected chi connectivity index (χ3v) is 7.70. The average Bonchev–Trinajstić information content (AvgIpc) is 3.28. The number of nitrogens with zero attached hydrogens (tertiary/aromatic N) is 2. The highest BCUT2D eigenvalue weighted by atomic mass is 35.5. The number of unbranched alkanes of at least 4 members (excludes halogenated alkanes) is 15. The molecule has 0 saturated heterocycles. The molecule has 0 atom stereocenters. The molecule has 0 bridgehead atoms. The first-order chi connectivity index (χ1) is 18.7. The van der Waals surface area contributed by atoms with Gasteiger partial charge in [0.05, 0.1) is 17.6 Å². The predicted octanol–water partition coefficient (Wildman–Crippen LogP) is 9.88. The zero-order valence-corrected chi connectivity index (χ0v) is 24.3. The second-order valence-corrected chi connectivity index (χ2v) is 11.1. The van der Waals surface area contributed by atoms with Gasteiger partial charge in [0.1, 0.15) is 5.82 Å². The molecule has 5 heteroatoms. The lowest BCUT2D eigenvalue weighted by Crippen LogP contribution is -2.24. The predicted molar refractivity (Wildman–Crippen MR) is 162 cm³/mol. The summed E-state index contributed by atoms with van der Waals surface area (Å²) < 4.78 is 2.28. The molecule has 1 N–H and O–H groups in total. The van der Waals surface area contributed by atoms with Gasteiger partial charge in [-0.3, -0.25) is 4.79 Å². The average molecular weight is 538 g/mol. The van der Waals surface area contributed by atoms with Crippen LogP contribution >= 0.6 is 11.6 Å². The Bertz CT molecular complexity index is 1080. The minimum absolute atomic E-state index is 0.131. The number of hydrogen-bond donors (Lipinski definition) is 1. The van der Waals surface area contributed by atoms with Crippen LogP contribution in [0.3, 0.4) is 0 Å². The highest BCUT2D eigenvalue weighted by Gasteiger charge is 2.12. The van der Waals surface area contributed by atoms with Gasteiger partial charge in [0, 0.05) is 17.1 Å². The summed E-state index contributed by atoms with van der Waals surface area (Å²) in [6, 6.07) is 15.3. The fraction of sp³-hybridized carbons (Fsp3) is 0.576. The summed E-state index contributed by atoms with van der Waals surface area (Å²) in [5.74, 6) is 0.774. The van der Waals surface area contributed by atoms with Gasteiger partial charge in [-0.15, -0.1) is 0 Å². The van der Waals surface area contributed by atoms with Crippen LogP contribution in [0.15, 0.2) is 48.5 Å². The Kier molecular flexibility index (Phi) is 14.3. The van der Waals surface area contributed by atoms with E-state index in [2.05, 4.69) is 28.9 Å². The van der Waals surface area contributed by atoms with Crippen molar-refractivity contribution in [3.63, 3.8) is 0 Å². The van der Waals surface area contributed by atoms with Gasteiger partial charge in [0.25, 0.3) is 5.91 Å². The Morgan fingerprint density at radius 3 is 1.95 bits per heavy atom. The third kappa shape index (κ3) is 10.8. The number of carbonyl (C=O) groups is 1. The molecule has 0 spiro atoms. The van der Waals surface area contributed by atoms with Crippen LogP contribution in [0.25, 0.3) is 11.0 Å². The van der Waals surface area contributed by atoms with Crippen LogP contribution in [0.2, 0.25) is 5.02 Å². The lowest BCUT2D eigenvalue weighted by atomic mass is 10.0. The molecule has 3 aromatic rings. The minimum atomic E-state index is -0.131. The van der Waals surface area contributed by atoms with Crippen LogP contribution in [-0.2, 0) is 13.1 Å². The van der Waals surface area contributed by atoms with Crippen molar-refractivity contribution >= 4 is 28.5 Å². The second kappa shape index (κ2) is 18.0. The first-order valence-corrected chi connectivity index (χ1v) is 15.5. The highest BCUT2D eigenvalue weighted by Crippen LogP contribution is 2.19. The number of aryl methyl sites for hydroxylation is 1. The molecule has 1 amide bonds. The van der Waals surface area contributed by atoms with Crippen molar-refractivity contribution in [3.05, 3.63) is 64.9 Å². The van der Waals surface area contributed by atoms with Crippen molar-refractivity contribution in [1.82, 2.24) is 14.9 Å². The van der Waals surface area contributed by atoms with Gasteiger partial charge in [-0.2, -0.15) is 0 Å². The number of halogens is 1. The van der Waals surface area contributed by atoms with Gasteiger partial charge in [-0.1, -0.05) is 133 Å². The minimum Gasteiger partial charge on any atom is -0.345 e. The number of imidazole rings is 1. The number of rotatable bonds is 20. The number of benzene rings is 2. The molecule has 0 aliphatic heterocycles. The highest BCUT2D eigenvalue weighted by molar-refractivity contribution is 6.30. The van der Waals surface area contributed by atoms with E-state index in [9.17, 15) is 4.79 Å². The van der Waals surface area contributed by atoms with Crippen molar-refractivity contribution < 1.29 is 4.79 Å². The maximum atomic E-state index is 12.6. The molecule has 0 aliphatic carbocycles. The van der Waals surface area contributed by atoms with Crippen LogP contribution in [0.5, 0.6) is 0 Å². The molecule has 208 valence electrons. The van der Waals surface area contributed by atoms with Gasteiger partial charge in [0.2, 0.25) is 0 Å². The molecular formula is C33H48ClN3O. The first-order valence-electron chi connectivity index (χ1n) is 15.2. The van der Waals surface area contributed by atoms with E-state index < -0.39 is 0 Å². The molecule has 1 heterocycles. The summed E-state index contributed by atoms with van der Waals surface area (Å²) >= 11 is 6.05. The monoisotopic (exact) mass is 537 g/mol. The number of nitrogens with one attached hydrogen (secondary N) is 1. The normalized spacial score (nSPS) is 11.3.